The highest BCUT2D eigenvalue weighted by Gasteiger charge is 2.33. The minimum atomic E-state index is -0.322. The molecule has 4 N–H and O–H groups in total. The van der Waals surface area contributed by atoms with Gasteiger partial charge < -0.3 is 44.9 Å². The number of amides is 3. The van der Waals surface area contributed by atoms with E-state index in [0.717, 1.165) is 40.0 Å². The first-order chi connectivity index (χ1) is 28.1. The highest BCUT2D eigenvalue weighted by atomic mass is 16.5. The molecule has 3 heterocycles. The number of fused-ring (bicyclic) bond motifs is 2. The number of phenols is 2. The molecule has 0 saturated carbocycles. The summed E-state index contributed by atoms with van der Waals surface area (Å²) in [5.41, 5.74) is 6.51. The number of phenolic OH excluding ortho intramolecular Hbond substituents is 2. The molecule has 3 aliphatic heterocycles. The summed E-state index contributed by atoms with van der Waals surface area (Å²) in [6.45, 7) is 2.40. The van der Waals surface area contributed by atoms with Gasteiger partial charge in [-0.15, -0.1) is 0 Å². The molecule has 4 aromatic carbocycles. The normalized spacial score (nSPS) is 17.1. The number of aliphatic imine (C=N–C) groups is 2. The molecule has 0 fully saturated rings. The lowest BCUT2D eigenvalue weighted by molar-refractivity contribution is -0.116. The standard InChI is InChI=1S/C44H44N6O8/c1-27-15-39(52)41(19-37(27)46-21-33-16-30(24-49(33)26-51)28-5-9-32(10-6-28)48-43(54)23-45-2)57-13-4-14-58-42-20-38-36(18-40(42)53)44(55)50-25-31(17-34(50)22-47-38)29-7-11-35(56-3)12-8-29/h5-12,15,18-22,24-26,33-34,45,52-53H,4,13-14,16-17,23H2,1-3H3,(H,48,54). The van der Waals surface area contributed by atoms with Crippen LogP contribution in [0.4, 0.5) is 17.1 Å². The summed E-state index contributed by atoms with van der Waals surface area (Å²) in [6.07, 6.45) is 9.38. The predicted octanol–water partition coefficient (Wildman–Crippen LogP) is 6.37. The Labute approximate surface area is 335 Å². The van der Waals surface area contributed by atoms with Gasteiger partial charge in [-0.05, 0) is 78.2 Å². The number of carbonyl (C=O) groups excluding carboxylic acids is 3. The largest absolute Gasteiger partial charge is 0.504 e. The van der Waals surface area contributed by atoms with E-state index in [-0.39, 0.29) is 72.2 Å². The summed E-state index contributed by atoms with van der Waals surface area (Å²) in [5.74, 6) is 0.555. The van der Waals surface area contributed by atoms with Crippen LogP contribution in [-0.2, 0) is 9.59 Å². The van der Waals surface area contributed by atoms with E-state index in [1.807, 2.05) is 61.7 Å². The maximum Gasteiger partial charge on any atom is 0.260 e. The SMILES string of the molecule is CNCC(=O)Nc1ccc(C2=CN(C=O)C(C=Nc3cc(OCCCOc4cc5c(cc4O)C(=O)N4C=C(c6ccc(OC)cc6)CC4C=N5)c(O)cc3C)C2)cc1. The zero-order chi connectivity index (χ0) is 40.8. The van der Waals surface area contributed by atoms with Gasteiger partial charge in [0.1, 0.15) is 5.75 Å². The van der Waals surface area contributed by atoms with E-state index < -0.39 is 0 Å². The number of rotatable bonds is 15. The number of ether oxygens (including phenoxy) is 3. The molecule has 2 unspecified atom stereocenters. The Morgan fingerprint density at radius 3 is 2.29 bits per heavy atom. The van der Waals surface area contributed by atoms with Crippen LogP contribution < -0.4 is 24.8 Å². The topological polar surface area (TPSA) is 175 Å². The first kappa shape index (κ1) is 39.3. The van der Waals surface area contributed by atoms with Gasteiger partial charge in [0.15, 0.2) is 23.0 Å². The van der Waals surface area contributed by atoms with Crippen LogP contribution in [0.3, 0.4) is 0 Å². The summed E-state index contributed by atoms with van der Waals surface area (Å²) < 4.78 is 17.0. The first-order valence-electron chi connectivity index (χ1n) is 18.8. The molecule has 0 saturated heterocycles. The molecule has 14 nitrogen and oxygen atoms in total. The van der Waals surface area contributed by atoms with Crippen LogP contribution in [0.25, 0.3) is 11.1 Å². The van der Waals surface area contributed by atoms with Gasteiger partial charge in [-0.2, -0.15) is 0 Å². The van der Waals surface area contributed by atoms with Crippen LogP contribution in [0.2, 0.25) is 0 Å². The van der Waals surface area contributed by atoms with Crippen molar-refractivity contribution in [2.24, 2.45) is 9.98 Å². The smallest absolute Gasteiger partial charge is 0.260 e. The van der Waals surface area contributed by atoms with Crippen molar-refractivity contribution in [1.82, 2.24) is 15.1 Å². The zero-order valence-electron chi connectivity index (χ0n) is 32.3. The van der Waals surface area contributed by atoms with Gasteiger partial charge in [-0.3, -0.25) is 24.4 Å². The van der Waals surface area contributed by atoms with Crippen molar-refractivity contribution >= 4 is 58.9 Å². The number of benzene rings is 4. The number of carbonyl (C=O) groups is 3. The Morgan fingerprint density at radius 1 is 0.931 bits per heavy atom. The number of nitrogens with zero attached hydrogens (tertiary/aromatic N) is 4. The molecule has 0 spiro atoms. The Morgan fingerprint density at radius 2 is 1.60 bits per heavy atom. The third kappa shape index (κ3) is 8.71. The fraction of sp³-hybridized carbons (Fsp3) is 0.250. The fourth-order valence-corrected chi connectivity index (χ4v) is 6.96. The molecule has 58 heavy (non-hydrogen) atoms. The number of anilines is 1. The van der Waals surface area contributed by atoms with E-state index in [2.05, 4.69) is 20.6 Å². The maximum absolute atomic E-state index is 13.6. The minimum absolute atomic E-state index is 0.0419. The van der Waals surface area contributed by atoms with E-state index in [4.69, 9.17) is 14.2 Å². The van der Waals surface area contributed by atoms with Gasteiger partial charge in [0.2, 0.25) is 12.3 Å². The molecule has 0 aromatic heterocycles. The predicted molar refractivity (Wildman–Crippen MR) is 222 cm³/mol. The zero-order valence-corrected chi connectivity index (χ0v) is 32.3. The summed E-state index contributed by atoms with van der Waals surface area (Å²) >= 11 is 0. The summed E-state index contributed by atoms with van der Waals surface area (Å²) in [5, 5.41) is 27.1. The highest BCUT2D eigenvalue weighted by molar-refractivity contribution is 6.05. The molecule has 0 aliphatic carbocycles. The average Bonchev–Trinajstić information content (AvgIpc) is 3.83. The van der Waals surface area contributed by atoms with Gasteiger partial charge >= 0.3 is 0 Å². The lowest BCUT2D eigenvalue weighted by Gasteiger charge is -2.18. The minimum Gasteiger partial charge on any atom is -0.504 e. The Hall–Kier alpha value is -6.93. The molecule has 14 heteroatoms. The quantitative estimate of drug-likeness (QED) is 0.0607. The van der Waals surface area contributed by atoms with E-state index in [1.165, 1.54) is 6.07 Å². The van der Waals surface area contributed by atoms with Gasteiger partial charge in [-0.1, -0.05) is 24.3 Å². The van der Waals surface area contributed by atoms with E-state index in [9.17, 15) is 24.6 Å². The third-order valence-corrected chi connectivity index (χ3v) is 10.1. The van der Waals surface area contributed by atoms with Crippen LogP contribution in [0.15, 0.2) is 95.2 Å². The molecular weight excluding hydrogens is 741 g/mol. The monoisotopic (exact) mass is 784 g/mol. The molecule has 2 atom stereocenters. The van der Waals surface area contributed by atoms with Crippen LogP contribution >= 0.6 is 0 Å². The summed E-state index contributed by atoms with van der Waals surface area (Å²) in [7, 11) is 3.32. The fourth-order valence-electron chi connectivity index (χ4n) is 6.96. The Balaban J connectivity index is 0.925. The summed E-state index contributed by atoms with van der Waals surface area (Å²) in [4.78, 5) is 49.9. The van der Waals surface area contributed by atoms with Crippen molar-refractivity contribution in [1.29, 1.82) is 0 Å². The Kier molecular flexibility index (Phi) is 11.8. The van der Waals surface area contributed by atoms with Gasteiger partial charge in [-0.25, -0.2) is 0 Å². The molecule has 0 bridgehead atoms. The van der Waals surface area contributed by atoms with Crippen molar-refractivity contribution in [3.8, 4) is 28.7 Å². The number of hydrogen-bond donors (Lipinski definition) is 4. The second-order valence-corrected chi connectivity index (χ2v) is 14.1. The lowest BCUT2D eigenvalue weighted by atomic mass is 10.0. The number of methoxy groups -OCH3 is 1. The Bertz CT molecular complexity index is 2320. The summed E-state index contributed by atoms with van der Waals surface area (Å²) in [6, 6.07) is 20.7. The average molecular weight is 785 g/mol. The molecular formula is C44H44N6O8. The third-order valence-electron chi connectivity index (χ3n) is 10.1. The number of nitrogens with one attached hydrogen (secondary N) is 2. The molecule has 298 valence electrons. The number of hydrogen-bond acceptors (Lipinski definition) is 11. The number of aryl methyl sites for hydroxylation is 1. The second kappa shape index (κ2) is 17.5. The van der Waals surface area contributed by atoms with E-state index >= 15 is 0 Å². The van der Waals surface area contributed by atoms with Gasteiger partial charge in [0.25, 0.3) is 5.91 Å². The van der Waals surface area contributed by atoms with Crippen LogP contribution in [0.1, 0.15) is 46.3 Å². The van der Waals surface area contributed by atoms with Crippen molar-refractivity contribution in [2.75, 3.05) is 39.2 Å². The molecule has 3 amide bonds. The maximum atomic E-state index is 13.6. The van der Waals surface area contributed by atoms with Crippen LogP contribution in [0, 0.1) is 6.92 Å². The lowest BCUT2D eigenvalue weighted by Crippen LogP contribution is -2.32. The van der Waals surface area contributed by atoms with Crippen LogP contribution in [0.5, 0.6) is 28.7 Å². The van der Waals surface area contributed by atoms with Crippen molar-refractivity contribution in [3.63, 3.8) is 0 Å². The number of likely N-dealkylation sites (N-methyl/N-ethyl adjacent to an activating group) is 1. The molecule has 4 aromatic rings. The first-order valence-corrected chi connectivity index (χ1v) is 18.8. The highest BCUT2D eigenvalue weighted by Crippen LogP contribution is 2.40. The molecule has 0 radical (unpaired) electrons. The van der Waals surface area contributed by atoms with Crippen molar-refractivity contribution < 1.29 is 38.8 Å². The molecule has 7 rings (SSSR count). The molecule has 3 aliphatic rings. The van der Waals surface area contributed by atoms with E-state index in [1.54, 1.807) is 60.8 Å². The van der Waals surface area contributed by atoms with Gasteiger partial charge in [0.05, 0.1) is 55.9 Å². The van der Waals surface area contributed by atoms with Crippen LogP contribution in [-0.4, -0.2) is 96.7 Å². The van der Waals surface area contributed by atoms with E-state index in [0.29, 0.717) is 36.3 Å². The van der Waals surface area contributed by atoms with Gasteiger partial charge in [0, 0.05) is 61.9 Å². The van der Waals surface area contributed by atoms with Crippen molar-refractivity contribution in [3.05, 3.63) is 107 Å². The van der Waals surface area contributed by atoms with Crippen molar-refractivity contribution in [2.45, 2.75) is 38.3 Å². The number of aromatic hydroxyl groups is 2. The second-order valence-electron chi connectivity index (χ2n) is 14.1.